The number of urea groups is 1. The van der Waals surface area contributed by atoms with Gasteiger partial charge in [0.05, 0.1) is 0 Å². The SMILES string of the molecule is O=C(NCCNC(=O)c1ccccc1)N[C@@H]1C[C@H]1c1ccc(F)cc1. The number of halogens is 1. The highest BCUT2D eigenvalue weighted by Gasteiger charge is 2.39. The molecule has 2 aromatic rings. The van der Waals surface area contributed by atoms with E-state index in [2.05, 4.69) is 16.0 Å². The first-order chi connectivity index (χ1) is 12.1. The monoisotopic (exact) mass is 341 g/mol. The Balaban J connectivity index is 1.33. The van der Waals surface area contributed by atoms with E-state index < -0.39 is 0 Å². The zero-order chi connectivity index (χ0) is 17.6. The summed E-state index contributed by atoms with van der Waals surface area (Å²) >= 11 is 0. The molecule has 0 unspecified atom stereocenters. The first kappa shape index (κ1) is 17.0. The molecule has 0 aliphatic heterocycles. The molecule has 3 N–H and O–H groups in total. The van der Waals surface area contributed by atoms with Crippen LogP contribution in [0.2, 0.25) is 0 Å². The van der Waals surface area contributed by atoms with Crippen LogP contribution in [0.5, 0.6) is 0 Å². The van der Waals surface area contributed by atoms with E-state index in [-0.39, 0.29) is 29.7 Å². The average molecular weight is 341 g/mol. The normalized spacial score (nSPS) is 18.3. The van der Waals surface area contributed by atoms with Gasteiger partial charge in [-0.05, 0) is 36.2 Å². The summed E-state index contributed by atoms with van der Waals surface area (Å²) in [5, 5.41) is 8.34. The fourth-order valence-electron chi connectivity index (χ4n) is 2.70. The molecule has 3 amide bonds. The second-order valence-electron chi connectivity index (χ2n) is 6.02. The van der Waals surface area contributed by atoms with Gasteiger partial charge in [-0.3, -0.25) is 4.79 Å². The molecule has 2 atom stereocenters. The van der Waals surface area contributed by atoms with Crippen molar-refractivity contribution in [2.75, 3.05) is 13.1 Å². The Morgan fingerprint density at radius 1 is 0.960 bits per heavy atom. The summed E-state index contributed by atoms with van der Waals surface area (Å²) in [5.41, 5.74) is 1.62. The van der Waals surface area contributed by atoms with E-state index >= 15 is 0 Å². The molecule has 0 heterocycles. The molecule has 0 spiro atoms. The number of carbonyl (C=O) groups is 2. The van der Waals surface area contributed by atoms with Gasteiger partial charge in [-0.15, -0.1) is 0 Å². The lowest BCUT2D eigenvalue weighted by Gasteiger charge is -2.09. The van der Waals surface area contributed by atoms with Crippen LogP contribution in [0, 0.1) is 5.82 Å². The van der Waals surface area contributed by atoms with E-state index in [0.29, 0.717) is 18.7 Å². The topological polar surface area (TPSA) is 70.2 Å². The quantitative estimate of drug-likeness (QED) is 0.706. The molecule has 130 valence electrons. The summed E-state index contributed by atoms with van der Waals surface area (Å²) in [6, 6.07) is 15.1. The van der Waals surface area contributed by atoms with Crippen molar-refractivity contribution in [3.05, 3.63) is 71.5 Å². The standard InChI is InChI=1S/C19H20FN3O2/c20-15-8-6-13(7-9-15)16-12-17(16)23-19(25)22-11-10-21-18(24)14-4-2-1-3-5-14/h1-9,16-17H,10-12H2,(H,21,24)(H2,22,23,25)/t16-,17+/m0/s1. The number of rotatable bonds is 6. The maximum absolute atomic E-state index is 12.9. The van der Waals surface area contributed by atoms with Crippen LogP contribution in [0.25, 0.3) is 0 Å². The van der Waals surface area contributed by atoms with Gasteiger partial charge in [0.15, 0.2) is 0 Å². The third-order valence-electron chi connectivity index (χ3n) is 4.14. The minimum absolute atomic E-state index is 0.0735. The van der Waals surface area contributed by atoms with Gasteiger partial charge in [-0.1, -0.05) is 30.3 Å². The molecule has 0 bridgehead atoms. The number of amides is 3. The Bertz CT molecular complexity index is 734. The third kappa shape index (κ3) is 4.79. The first-order valence-corrected chi connectivity index (χ1v) is 8.26. The Hall–Kier alpha value is -2.89. The van der Waals surface area contributed by atoms with Crippen LogP contribution in [0.3, 0.4) is 0 Å². The maximum atomic E-state index is 12.9. The predicted molar refractivity (Wildman–Crippen MR) is 92.9 cm³/mol. The second kappa shape index (κ2) is 7.79. The molecule has 6 heteroatoms. The summed E-state index contributed by atoms with van der Waals surface area (Å²) < 4.78 is 12.9. The van der Waals surface area contributed by atoms with Gasteiger partial charge in [-0.2, -0.15) is 0 Å². The molecule has 1 fully saturated rings. The van der Waals surface area contributed by atoms with Crippen molar-refractivity contribution in [1.82, 2.24) is 16.0 Å². The van der Waals surface area contributed by atoms with E-state index in [1.165, 1.54) is 12.1 Å². The number of carbonyl (C=O) groups excluding carboxylic acids is 2. The fraction of sp³-hybridized carbons (Fsp3) is 0.263. The van der Waals surface area contributed by atoms with E-state index in [9.17, 15) is 14.0 Å². The summed E-state index contributed by atoms with van der Waals surface area (Å²) in [6.45, 7) is 0.700. The molecule has 0 aromatic heterocycles. The van der Waals surface area contributed by atoms with Crippen molar-refractivity contribution in [2.45, 2.75) is 18.4 Å². The molecule has 0 radical (unpaired) electrons. The number of nitrogens with one attached hydrogen (secondary N) is 3. The van der Waals surface area contributed by atoms with Crippen molar-refractivity contribution in [1.29, 1.82) is 0 Å². The summed E-state index contributed by atoms with van der Waals surface area (Å²) in [4.78, 5) is 23.7. The van der Waals surface area contributed by atoms with Crippen LogP contribution in [0.15, 0.2) is 54.6 Å². The van der Waals surface area contributed by atoms with Crippen LogP contribution >= 0.6 is 0 Å². The van der Waals surface area contributed by atoms with Crippen molar-refractivity contribution in [3.8, 4) is 0 Å². The van der Waals surface area contributed by atoms with Gasteiger partial charge in [-0.25, -0.2) is 9.18 Å². The maximum Gasteiger partial charge on any atom is 0.315 e. The molecular formula is C19H20FN3O2. The van der Waals surface area contributed by atoms with Crippen molar-refractivity contribution in [2.24, 2.45) is 0 Å². The van der Waals surface area contributed by atoms with E-state index in [4.69, 9.17) is 0 Å². The summed E-state index contributed by atoms with van der Waals surface area (Å²) in [5.74, 6) is -0.185. The van der Waals surface area contributed by atoms with E-state index in [1.54, 1.807) is 36.4 Å². The Kier molecular flexibility index (Phi) is 5.28. The van der Waals surface area contributed by atoms with Crippen molar-refractivity contribution in [3.63, 3.8) is 0 Å². The van der Waals surface area contributed by atoms with Gasteiger partial charge >= 0.3 is 6.03 Å². The molecule has 1 aliphatic rings. The summed E-state index contributed by atoms with van der Waals surface area (Å²) in [7, 11) is 0. The molecular weight excluding hydrogens is 321 g/mol. The average Bonchev–Trinajstić information content (AvgIpc) is 3.39. The minimum Gasteiger partial charge on any atom is -0.350 e. The molecule has 2 aromatic carbocycles. The van der Waals surface area contributed by atoms with Crippen LogP contribution in [0.1, 0.15) is 28.3 Å². The van der Waals surface area contributed by atoms with Crippen molar-refractivity contribution < 1.29 is 14.0 Å². The predicted octanol–water partition coefficient (Wildman–Crippen LogP) is 2.41. The minimum atomic E-state index is -0.261. The van der Waals surface area contributed by atoms with Crippen LogP contribution in [-0.4, -0.2) is 31.1 Å². The largest absolute Gasteiger partial charge is 0.350 e. The fourth-order valence-corrected chi connectivity index (χ4v) is 2.70. The molecule has 1 saturated carbocycles. The van der Waals surface area contributed by atoms with Crippen LogP contribution < -0.4 is 16.0 Å². The lowest BCUT2D eigenvalue weighted by Crippen LogP contribution is -2.41. The van der Waals surface area contributed by atoms with Gasteiger partial charge in [0.2, 0.25) is 0 Å². The molecule has 1 aliphatic carbocycles. The lowest BCUT2D eigenvalue weighted by atomic mass is 10.1. The lowest BCUT2D eigenvalue weighted by molar-refractivity contribution is 0.0954. The van der Waals surface area contributed by atoms with Crippen molar-refractivity contribution >= 4 is 11.9 Å². The van der Waals surface area contributed by atoms with E-state index in [0.717, 1.165) is 12.0 Å². The molecule has 25 heavy (non-hydrogen) atoms. The Labute approximate surface area is 145 Å². The van der Waals surface area contributed by atoms with Gasteiger partial charge < -0.3 is 16.0 Å². The Morgan fingerprint density at radius 3 is 2.36 bits per heavy atom. The van der Waals surface area contributed by atoms with Crippen LogP contribution in [0.4, 0.5) is 9.18 Å². The van der Waals surface area contributed by atoms with Gasteiger partial charge in [0.25, 0.3) is 5.91 Å². The zero-order valence-corrected chi connectivity index (χ0v) is 13.7. The van der Waals surface area contributed by atoms with Crippen LogP contribution in [-0.2, 0) is 0 Å². The third-order valence-corrected chi connectivity index (χ3v) is 4.14. The van der Waals surface area contributed by atoms with Gasteiger partial charge in [0, 0.05) is 30.6 Å². The molecule has 5 nitrogen and oxygen atoms in total. The summed E-state index contributed by atoms with van der Waals surface area (Å²) in [6.07, 6.45) is 0.851. The smallest absolute Gasteiger partial charge is 0.315 e. The van der Waals surface area contributed by atoms with E-state index in [1.807, 2.05) is 6.07 Å². The molecule has 0 saturated heterocycles. The second-order valence-corrected chi connectivity index (χ2v) is 6.02. The number of benzene rings is 2. The molecule has 3 rings (SSSR count). The number of hydrogen-bond donors (Lipinski definition) is 3. The zero-order valence-electron chi connectivity index (χ0n) is 13.7. The highest BCUT2D eigenvalue weighted by atomic mass is 19.1. The first-order valence-electron chi connectivity index (χ1n) is 8.26. The highest BCUT2D eigenvalue weighted by Crippen LogP contribution is 2.40. The Morgan fingerprint density at radius 2 is 1.64 bits per heavy atom. The van der Waals surface area contributed by atoms with Gasteiger partial charge in [0.1, 0.15) is 5.82 Å². The highest BCUT2D eigenvalue weighted by molar-refractivity contribution is 5.94. The number of hydrogen-bond acceptors (Lipinski definition) is 2.